The second kappa shape index (κ2) is 3.73. The van der Waals surface area contributed by atoms with Gasteiger partial charge in [0.15, 0.2) is 0 Å². The summed E-state index contributed by atoms with van der Waals surface area (Å²) in [6.07, 6.45) is -0.0898. The number of amides is 1. The minimum absolute atomic E-state index is 0.133. The standard InChI is InChI=1S/C7H13NO4/c1-12-6-3-2-5(4-9)8(6)7(10)11/h5-6,9H,2-4H2,1H3,(H,10,11)/t5-,6?/m0/s1. The zero-order chi connectivity index (χ0) is 9.14. The molecule has 0 spiro atoms. The minimum Gasteiger partial charge on any atom is -0.465 e. The minimum atomic E-state index is -1.03. The Morgan fingerprint density at radius 3 is 2.75 bits per heavy atom. The van der Waals surface area contributed by atoms with Gasteiger partial charge >= 0.3 is 6.09 Å². The van der Waals surface area contributed by atoms with Crippen molar-refractivity contribution in [1.82, 2.24) is 4.90 Å². The Hall–Kier alpha value is -0.810. The third-order valence-corrected chi connectivity index (χ3v) is 2.15. The van der Waals surface area contributed by atoms with Crippen molar-refractivity contribution in [2.24, 2.45) is 0 Å². The summed E-state index contributed by atoms with van der Waals surface area (Å²) in [5.41, 5.74) is 0. The Morgan fingerprint density at radius 2 is 2.33 bits per heavy atom. The van der Waals surface area contributed by atoms with Gasteiger partial charge < -0.3 is 14.9 Å². The van der Waals surface area contributed by atoms with Crippen molar-refractivity contribution in [1.29, 1.82) is 0 Å². The third kappa shape index (κ3) is 1.51. The summed E-state index contributed by atoms with van der Waals surface area (Å²) in [5.74, 6) is 0. The van der Waals surface area contributed by atoms with Crippen LogP contribution in [0.3, 0.4) is 0 Å². The Kier molecular flexibility index (Phi) is 2.88. The fraction of sp³-hybridized carbons (Fsp3) is 0.857. The van der Waals surface area contributed by atoms with Gasteiger partial charge in [0.25, 0.3) is 0 Å². The summed E-state index contributed by atoms with van der Waals surface area (Å²) in [6.45, 7) is -0.133. The van der Waals surface area contributed by atoms with Crippen molar-refractivity contribution < 1.29 is 19.7 Å². The zero-order valence-electron chi connectivity index (χ0n) is 6.93. The van der Waals surface area contributed by atoms with Crippen molar-refractivity contribution in [2.75, 3.05) is 13.7 Å². The maximum Gasteiger partial charge on any atom is 0.409 e. The smallest absolute Gasteiger partial charge is 0.409 e. The SMILES string of the molecule is COC1CC[C@@H](CO)N1C(=O)O. The summed E-state index contributed by atoms with van der Waals surface area (Å²) >= 11 is 0. The monoisotopic (exact) mass is 175 g/mol. The highest BCUT2D eigenvalue weighted by molar-refractivity contribution is 5.66. The van der Waals surface area contributed by atoms with Crippen molar-refractivity contribution in [2.45, 2.75) is 25.1 Å². The molecule has 1 fully saturated rings. The van der Waals surface area contributed by atoms with Gasteiger partial charge in [0.05, 0.1) is 12.6 Å². The van der Waals surface area contributed by atoms with E-state index in [1.165, 1.54) is 12.0 Å². The van der Waals surface area contributed by atoms with E-state index >= 15 is 0 Å². The second-order valence-corrected chi connectivity index (χ2v) is 2.79. The molecule has 1 saturated heterocycles. The number of rotatable bonds is 2. The lowest BCUT2D eigenvalue weighted by Gasteiger charge is -2.24. The number of carboxylic acid groups (broad SMARTS) is 1. The molecule has 1 amide bonds. The highest BCUT2D eigenvalue weighted by Gasteiger charge is 2.36. The Morgan fingerprint density at radius 1 is 1.67 bits per heavy atom. The molecule has 70 valence electrons. The first kappa shape index (κ1) is 9.28. The highest BCUT2D eigenvalue weighted by atomic mass is 16.5. The van der Waals surface area contributed by atoms with Crippen LogP contribution in [0, 0.1) is 0 Å². The number of nitrogens with zero attached hydrogens (tertiary/aromatic N) is 1. The maximum absolute atomic E-state index is 10.7. The van der Waals surface area contributed by atoms with E-state index in [-0.39, 0.29) is 18.9 Å². The number of aliphatic hydroxyl groups is 1. The second-order valence-electron chi connectivity index (χ2n) is 2.79. The zero-order valence-corrected chi connectivity index (χ0v) is 6.93. The molecule has 1 aliphatic rings. The molecule has 1 heterocycles. The predicted octanol–water partition coefficient (Wildman–Crippen LogP) is 0.0936. The van der Waals surface area contributed by atoms with Crippen molar-refractivity contribution >= 4 is 6.09 Å². The van der Waals surface area contributed by atoms with Crippen LogP contribution in [0.2, 0.25) is 0 Å². The highest BCUT2D eigenvalue weighted by Crippen LogP contribution is 2.23. The molecule has 0 aromatic carbocycles. The van der Waals surface area contributed by atoms with Crippen LogP contribution in [0.15, 0.2) is 0 Å². The van der Waals surface area contributed by atoms with E-state index in [1.807, 2.05) is 0 Å². The lowest BCUT2D eigenvalue weighted by molar-refractivity contribution is -0.0164. The first-order chi connectivity index (χ1) is 5.70. The summed E-state index contributed by atoms with van der Waals surface area (Å²) in [4.78, 5) is 11.8. The number of hydrogen-bond acceptors (Lipinski definition) is 3. The molecule has 0 aromatic heterocycles. The van der Waals surface area contributed by atoms with E-state index in [2.05, 4.69) is 0 Å². The molecule has 5 nitrogen and oxygen atoms in total. The quantitative estimate of drug-likeness (QED) is 0.624. The first-order valence-electron chi connectivity index (χ1n) is 3.85. The van der Waals surface area contributed by atoms with Crippen LogP contribution >= 0.6 is 0 Å². The van der Waals surface area contributed by atoms with E-state index in [4.69, 9.17) is 14.9 Å². The molecule has 1 aliphatic heterocycles. The molecular formula is C7H13NO4. The van der Waals surface area contributed by atoms with Crippen molar-refractivity contribution in [3.63, 3.8) is 0 Å². The van der Waals surface area contributed by atoms with E-state index in [0.29, 0.717) is 12.8 Å². The first-order valence-corrected chi connectivity index (χ1v) is 3.85. The number of hydrogen-bond donors (Lipinski definition) is 2. The normalized spacial score (nSPS) is 29.3. The molecule has 0 aliphatic carbocycles. The molecule has 0 bridgehead atoms. The molecular weight excluding hydrogens is 162 g/mol. The van der Waals surface area contributed by atoms with Crippen LogP contribution in [0.4, 0.5) is 4.79 Å². The van der Waals surface area contributed by atoms with Crippen LogP contribution in [0.1, 0.15) is 12.8 Å². The number of carbonyl (C=O) groups is 1. The molecule has 5 heteroatoms. The molecule has 2 atom stereocenters. The van der Waals surface area contributed by atoms with E-state index in [9.17, 15) is 4.79 Å². The summed E-state index contributed by atoms with van der Waals surface area (Å²) in [5, 5.41) is 17.6. The number of ether oxygens (including phenoxy) is 1. The van der Waals surface area contributed by atoms with Gasteiger partial charge in [-0.1, -0.05) is 0 Å². The van der Waals surface area contributed by atoms with Crippen LogP contribution < -0.4 is 0 Å². The van der Waals surface area contributed by atoms with E-state index in [0.717, 1.165) is 0 Å². The topological polar surface area (TPSA) is 70.0 Å². The largest absolute Gasteiger partial charge is 0.465 e. The fourth-order valence-corrected chi connectivity index (χ4v) is 1.54. The van der Waals surface area contributed by atoms with Gasteiger partial charge in [0, 0.05) is 7.11 Å². The average Bonchev–Trinajstić information content (AvgIpc) is 2.46. The molecule has 0 radical (unpaired) electrons. The number of aliphatic hydroxyl groups excluding tert-OH is 1. The molecule has 0 aromatic rings. The van der Waals surface area contributed by atoms with E-state index in [1.54, 1.807) is 0 Å². The van der Waals surface area contributed by atoms with Crippen molar-refractivity contribution in [3.8, 4) is 0 Å². The molecule has 0 saturated carbocycles. The Labute approximate surface area is 70.5 Å². The lowest BCUT2D eigenvalue weighted by Crippen LogP contribution is -2.42. The van der Waals surface area contributed by atoms with Crippen LogP contribution in [0.5, 0.6) is 0 Å². The fourth-order valence-electron chi connectivity index (χ4n) is 1.54. The van der Waals surface area contributed by atoms with Gasteiger partial charge in [-0.05, 0) is 12.8 Å². The van der Waals surface area contributed by atoms with Gasteiger partial charge in [-0.15, -0.1) is 0 Å². The third-order valence-electron chi connectivity index (χ3n) is 2.15. The number of methoxy groups -OCH3 is 1. The summed E-state index contributed by atoms with van der Waals surface area (Å²) in [6, 6.07) is -0.299. The van der Waals surface area contributed by atoms with Crippen LogP contribution in [0.25, 0.3) is 0 Å². The average molecular weight is 175 g/mol. The van der Waals surface area contributed by atoms with Gasteiger partial charge in [-0.3, -0.25) is 4.90 Å². The Balaban J connectivity index is 2.65. The molecule has 1 unspecified atom stereocenters. The lowest BCUT2D eigenvalue weighted by atomic mass is 10.2. The van der Waals surface area contributed by atoms with Crippen molar-refractivity contribution in [3.05, 3.63) is 0 Å². The predicted molar refractivity (Wildman–Crippen MR) is 40.8 cm³/mol. The maximum atomic E-state index is 10.7. The summed E-state index contributed by atoms with van der Waals surface area (Å²) in [7, 11) is 1.47. The Bertz CT molecular complexity index is 161. The van der Waals surface area contributed by atoms with Crippen LogP contribution in [-0.4, -0.2) is 47.2 Å². The molecule has 1 rings (SSSR count). The van der Waals surface area contributed by atoms with Gasteiger partial charge in [-0.2, -0.15) is 0 Å². The van der Waals surface area contributed by atoms with Gasteiger partial charge in [0.1, 0.15) is 6.23 Å². The molecule has 12 heavy (non-hydrogen) atoms. The van der Waals surface area contributed by atoms with Gasteiger partial charge in [-0.25, -0.2) is 4.79 Å². The molecule has 2 N–H and O–H groups in total. The summed E-state index contributed by atoms with van der Waals surface area (Å²) < 4.78 is 4.95. The van der Waals surface area contributed by atoms with Gasteiger partial charge in [0.2, 0.25) is 0 Å². The van der Waals surface area contributed by atoms with E-state index < -0.39 is 6.09 Å². The van der Waals surface area contributed by atoms with Crippen LogP contribution in [-0.2, 0) is 4.74 Å². The number of likely N-dealkylation sites (tertiary alicyclic amines) is 1.